The van der Waals surface area contributed by atoms with Crippen LogP contribution in [0.1, 0.15) is 41.2 Å². The normalized spacial score (nSPS) is 12.5. The van der Waals surface area contributed by atoms with E-state index in [2.05, 4.69) is 10.3 Å². The van der Waals surface area contributed by atoms with Gasteiger partial charge in [0.05, 0.1) is 18.4 Å². The smallest absolute Gasteiger partial charge is 0.417 e. The number of hydrogen-bond acceptors (Lipinski definition) is 6. The van der Waals surface area contributed by atoms with Crippen molar-refractivity contribution in [3.8, 4) is 0 Å². The fraction of sp³-hybridized carbons (Fsp3) is 0.318. The summed E-state index contributed by atoms with van der Waals surface area (Å²) >= 11 is 0. The van der Waals surface area contributed by atoms with Gasteiger partial charge in [0.1, 0.15) is 13.7 Å². The maximum absolute atomic E-state index is 13.3. The number of nitrogens with zero attached hydrogens (tertiary/aromatic N) is 2. The van der Waals surface area contributed by atoms with Crippen LogP contribution in [-0.2, 0) is 32.0 Å². The van der Waals surface area contributed by atoms with Crippen molar-refractivity contribution in [1.82, 2.24) is 0 Å². The van der Waals surface area contributed by atoms with Crippen molar-refractivity contribution in [2.45, 2.75) is 33.1 Å². The highest BCUT2D eigenvalue weighted by molar-refractivity contribution is 6.43. The van der Waals surface area contributed by atoms with Crippen molar-refractivity contribution in [1.29, 1.82) is 0 Å². The summed E-state index contributed by atoms with van der Waals surface area (Å²) in [6, 6.07) is 10.4. The molecule has 6 nitrogen and oxygen atoms in total. The van der Waals surface area contributed by atoms with Gasteiger partial charge in [-0.3, -0.25) is 0 Å². The molecular weight excluding hydrogens is 413 g/mol. The minimum Gasteiger partial charge on any atom is -0.464 e. The van der Waals surface area contributed by atoms with Crippen LogP contribution in [0, 0.1) is 6.92 Å². The molecule has 0 saturated heterocycles. The molecule has 0 spiro atoms. The third-order valence-electron chi connectivity index (χ3n) is 4.49. The summed E-state index contributed by atoms with van der Waals surface area (Å²) in [7, 11) is 2.51. The number of benzene rings is 2. The molecule has 0 aliphatic heterocycles. The number of methoxy groups -OCH3 is 1. The molecule has 0 unspecified atom stereocenters. The average molecular weight is 436 g/mol. The molecule has 2 aromatic rings. The van der Waals surface area contributed by atoms with Gasteiger partial charge in [0.25, 0.3) is 0 Å². The molecule has 9 heteroatoms. The summed E-state index contributed by atoms with van der Waals surface area (Å²) in [4.78, 5) is 22.3. The Labute approximate surface area is 178 Å². The topological polar surface area (TPSA) is 69.5 Å². The van der Waals surface area contributed by atoms with Crippen LogP contribution in [0.4, 0.5) is 13.2 Å². The van der Waals surface area contributed by atoms with Crippen molar-refractivity contribution >= 4 is 17.4 Å². The molecule has 0 N–H and O–H groups in total. The van der Waals surface area contributed by atoms with E-state index in [0.717, 1.165) is 11.6 Å². The van der Waals surface area contributed by atoms with E-state index in [9.17, 15) is 18.0 Å². The van der Waals surface area contributed by atoms with Gasteiger partial charge in [0.15, 0.2) is 5.71 Å². The van der Waals surface area contributed by atoms with Gasteiger partial charge in [-0.05, 0) is 25.0 Å². The molecule has 31 heavy (non-hydrogen) atoms. The molecule has 2 rings (SSSR count). The van der Waals surface area contributed by atoms with Crippen LogP contribution in [0.2, 0.25) is 0 Å². The summed E-state index contributed by atoms with van der Waals surface area (Å²) in [6.45, 7) is 3.39. The molecule has 0 aliphatic carbocycles. The Hall–Kier alpha value is -3.36. The number of rotatable bonds is 8. The lowest BCUT2D eigenvalue weighted by Gasteiger charge is -2.15. The van der Waals surface area contributed by atoms with Gasteiger partial charge < -0.3 is 14.4 Å². The first-order valence-electron chi connectivity index (χ1n) is 9.38. The maximum atomic E-state index is 13.3. The van der Waals surface area contributed by atoms with E-state index < -0.39 is 17.7 Å². The van der Waals surface area contributed by atoms with E-state index in [0.29, 0.717) is 11.1 Å². The molecule has 166 valence electrons. The van der Waals surface area contributed by atoms with E-state index in [1.54, 1.807) is 32.0 Å². The second-order valence-corrected chi connectivity index (χ2v) is 6.42. The SMILES string of the molecule is CC/C(=N\OCc1c(C)cccc1/C(=N\OC)C(=O)OC)c1ccccc1C(F)(F)F. The fourth-order valence-corrected chi connectivity index (χ4v) is 2.96. The van der Waals surface area contributed by atoms with Crippen LogP contribution >= 0.6 is 0 Å². The number of ether oxygens (including phenoxy) is 1. The molecule has 0 bridgehead atoms. The average Bonchev–Trinajstić information content (AvgIpc) is 2.75. The summed E-state index contributed by atoms with van der Waals surface area (Å²) in [5.74, 6) is -0.703. The molecule has 0 amide bonds. The Kier molecular flexibility index (Phi) is 8.18. The third kappa shape index (κ3) is 5.84. The highest BCUT2D eigenvalue weighted by Crippen LogP contribution is 2.32. The minimum absolute atomic E-state index is 0.0429. The second-order valence-electron chi connectivity index (χ2n) is 6.42. The van der Waals surface area contributed by atoms with Crippen molar-refractivity contribution in [3.05, 3.63) is 70.3 Å². The number of carbonyl (C=O) groups is 1. The first kappa shape index (κ1) is 23.9. The lowest BCUT2D eigenvalue weighted by Crippen LogP contribution is -2.20. The van der Waals surface area contributed by atoms with Crippen LogP contribution in [0.3, 0.4) is 0 Å². The Morgan fingerprint density at radius 2 is 1.68 bits per heavy atom. The zero-order valence-corrected chi connectivity index (χ0v) is 17.6. The molecule has 0 atom stereocenters. The van der Waals surface area contributed by atoms with Gasteiger partial charge in [0, 0.05) is 16.7 Å². The Morgan fingerprint density at radius 1 is 1.00 bits per heavy atom. The van der Waals surface area contributed by atoms with Gasteiger partial charge in [-0.1, -0.05) is 53.6 Å². The number of halogens is 3. The standard InChI is InChI=1S/C22H23F3N2O4/c1-5-19(16-10-6-7-12-18(16)22(23,24)25)26-31-13-17-14(2)9-8-11-15(17)20(27-30-4)21(28)29-3/h6-12H,5,13H2,1-4H3/b26-19+,27-20+. The summed E-state index contributed by atoms with van der Waals surface area (Å²) in [6.07, 6.45) is -4.28. The van der Waals surface area contributed by atoms with Crippen LogP contribution in [0.25, 0.3) is 0 Å². The van der Waals surface area contributed by atoms with Gasteiger partial charge in [-0.25, -0.2) is 4.79 Å². The van der Waals surface area contributed by atoms with Gasteiger partial charge in [-0.2, -0.15) is 13.2 Å². The van der Waals surface area contributed by atoms with Crippen LogP contribution in [0.5, 0.6) is 0 Å². The van der Waals surface area contributed by atoms with Gasteiger partial charge >= 0.3 is 12.1 Å². The van der Waals surface area contributed by atoms with Crippen molar-refractivity contribution in [3.63, 3.8) is 0 Å². The number of carbonyl (C=O) groups excluding carboxylic acids is 1. The zero-order valence-electron chi connectivity index (χ0n) is 17.6. The molecular formula is C22H23F3N2O4. The zero-order chi connectivity index (χ0) is 23.0. The Bertz CT molecular complexity index is 985. The van der Waals surface area contributed by atoms with E-state index in [4.69, 9.17) is 14.4 Å². The van der Waals surface area contributed by atoms with Crippen LogP contribution in [0.15, 0.2) is 52.8 Å². The molecule has 0 heterocycles. The second kappa shape index (κ2) is 10.6. The van der Waals surface area contributed by atoms with E-state index in [-0.39, 0.29) is 30.0 Å². The molecule has 2 aromatic carbocycles. The molecule has 0 aliphatic rings. The van der Waals surface area contributed by atoms with Gasteiger partial charge in [-0.15, -0.1) is 0 Å². The van der Waals surface area contributed by atoms with Crippen molar-refractivity contribution < 1.29 is 32.4 Å². The number of aryl methyl sites for hydroxylation is 1. The molecule has 0 aromatic heterocycles. The fourth-order valence-electron chi connectivity index (χ4n) is 2.96. The Balaban J connectivity index is 2.38. The van der Waals surface area contributed by atoms with E-state index in [1.165, 1.54) is 32.4 Å². The van der Waals surface area contributed by atoms with Crippen molar-refractivity contribution in [2.75, 3.05) is 14.2 Å². The minimum atomic E-state index is -4.51. The third-order valence-corrected chi connectivity index (χ3v) is 4.49. The highest BCUT2D eigenvalue weighted by Gasteiger charge is 2.34. The Morgan fingerprint density at radius 3 is 2.29 bits per heavy atom. The van der Waals surface area contributed by atoms with Crippen LogP contribution < -0.4 is 0 Å². The lowest BCUT2D eigenvalue weighted by atomic mass is 9.99. The first-order chi connectivity index (χ1) is 14.7. The number of hydrogen-bond donors (Lipinski definition) is 0. The summed E-state index contributed by atoms with van der Waals surface area (Å²) in [5.41, 5.74) is 1.03. The monoisotopic (exact) mass is 436 g/mol. The van der Waals surface area contributed by atoms with Crippen molar-refractivity contribution in [2.24, 2.45) is 10.3 Å². The molecule has 0 fully saturated rings. The largest absolute Gasteiger partial charge is 0.464 e. The lowest BCUT2D eigenvalue weighted by molar-refractivity contribution is -0.137. The predicted molar refractivity (Wildman–Crippen MR) is 110 cm³/mol. The maximum Gasteiger partial charge on any atom is 0.417 e. The van der Waals surface area contributed by atoms with Crippen LogP contribution in [-0.4, -0.2) is 31.6 Å². The molecule has 0 radical (unpaired) electrons. The summed E-state index contributed by atoms with van der Waals surface area (Å²) in [5, 5.41) is 7.70. The van der Waals surface area contributed by atoms with E-state index >= 15 is 0 Å². The van der Waals surface area contributed by atoms with E-state index in [1.807, 2.05) is 0 Å². The number of oxime groups is 2. The number of alkyl halides is 3. The number of esters is 1. The summed E-state index contributed by atoms with van der Waals surface area (Å²) < 4.78 is 44.8. The predicted octanol–water partition coefficient (Wildman–Crippen LogP) is 4.87. The quantitative estimate of drug-likeness (QED) is 0.336. The molecule has 0 saturated carbocycles. The first-order valence-corrected chi connectivity index (χ1v) is 9.38. The van der Waals surface area contributed by atoms with Gasteiger partial charge in [0.2, 0.25) is 0 Å². The highest BCUT2D eigenvalue weighted by atomic mass is 19.4.